The number of rotatable bonds is 5. The summed E-state index contributed by atoms with van der Waals surface area (Å²) >= 11 is 0. The minimum Gasteiger partial charge on any atom is -0.307 e. The van der Waals surface area contributed by atoms with Crippen molar-refractivity contribution >= 4 is 5.82 Å². The van der Waals surface area contributed by atoms with Crippen molar-refractivity contribution in [3.63, 3.8) is 0 Å². The predicted octanol–water partition coefficient (Wildman–Crippen LogP) is 0.994. The molecule has 1 aromatic rings. The maximum atomic E-state index is 5.23. The number of hydrazine groups is 1. The zero-order valence-electron chi connectivity index (χ0n) is 9.69. The van der Waals surface area contributed by atoms with Gasteiger partial charge >= 0.3 is 0 Å². The van der Waals surface area contributed by atoms with Crippen molar-refractivity contribution in [3.05, 3.63) is 18.1 Å². The van der Waals surface area contributed by atoms with Gasteiger partial charge in [0.15, 0.2) is 5.82 Å². The van der Waals surface area contributed by atoms with Crippen LogP contribution in [-0.2, 0) is 6.54 Å². The lowest BCUT2D eigenvalue weighted by Gasteiger charge is -2.29. The maximum absolute atomic E-state index is 5.23. The van der Waals surface area contributed by atoms with Crippen molar-refractivity contribution in [1.82, 2.24) is 14.9 Å². The topological polar surface area (TPSA) is 67.1 Å². The lowest BCUT2D eigenvalue weighted by atomic mass is 9.85. The van der Waals surface area contributed by atoms with E-state index in [4.69, 9.17) is 5.84 Å². The summed E-state index contributed by atoms with van der Waals surface area (Å²) in [4.78, 5) is 10.7. The second kappa shape index (κ2) is 5.23. The second-order valence-electron chi connectivity index (χ2n) is 4.53. The van der Waals surface area contributed by atoms with E-state index in [-0.39, 0.29) is 0 Å². The second-order valence-corrected chi connectivity index (χ2v) is 4.53. The lowest BCUT2D eigenvalue weighted by molar-refractivity contribution is 0.199. The third-order valence-corrected chi connectivity index (χ3v) is 3.08. The molecule has 5 heteroatoms. The molecular formula is C11H19N5. The molecule has 1 aliphatic rings. The fourth-order valence-electron chi connectivity index (χ4n) is 1.97. The van der Waals surface area contributed by atoms with Crippen molar-refractivity contribution in [2.75, 3.05) is 19.0 Å². The predicted molar refractivity (Wildman–Crippen MR) is 63.5 cm³/mol. The molecule has 16 heavy (non-hydrogen) atoms. The molecule has 5 nitrogen and oxygen atoms in total. The molecule has 1 heterocycles. The van der Waals surface area contributed by atoms with E-state index >= 15 is 0 Å². The molecule has 1 saturated carbocycles. The van der Waals surface area contributed by atoms with Gasteiger partial charge in [-0.05, 0) is 25.8 Å². The number of anilines is 1. The minimum absolute atomic E-state index is 0.602. The normalized spacial score (nSPS) is 16.2. The van der Waals surface area contributed by atoms with Gasteiger partial charge in [-0.25, -0.2) is 10.8 Å². The largest absolute Gasteiger partial charge is 0.307 e. The highest BCUT2D eigenvalue weighted by atomic mass is 15.3. The Hall–Kier alpha value is -1.20. The first kappa shape index (κ1) is 11.3. The molecule has 0 spiro atoms. The van der Waals surface area contributed by atoms with E-state index in [1.54, 1.807) is 12.4 Å². The Morgan fingerprint density at radius 1 is 1.44 bits per heavy atom. The van der Waals surface area contributed by atoms with Crippen molar-refractivity contribution in [2.45, 2.75) is 25.8 Å². The number of aromatic nitrogens is 2. The monoisotopic (exact) mass is 221 g/mol. The first-order valence-electron chi connectivity index (χ1n) is 5.74. The molecule has 0 amide bonds. The third-order valence-electron chi connectivity index (χ3n) is 3.08. The van der Waals surface area contributed by atoms with Crippen molar-refractivity contribution < 1.29 is 0 Å². The number of nitrogen functional groups attached to an aromatic ring is 1. The summed E-state index contributed by atoms with van der Waals surface area (Å²) in [6, 6.07) is 0. The van der Waals surface area contributed by atoms with Gasteiger partial charge in [0.25, 0.3) is 0 Å². The highest BCUT2D eigenvalue weighted by Gasteiger charge is 2.19. The van der Waals surface area contributed by atoms with Crippen molar-refractivity contribution in [1.29, 1.82) is 0 Å². The molecule has 0 aromatic carbocycles. The number of nitrogens with one attached hydrogen (secondary N) is 1. The van der Waals surface area contributed by atoms with E-state index in [2.05, 4.69) is 27.3 Å². The van der Waals surface area contributed by atoms with Crippen LogP contribution in [0.4, 0.5) is 5.82 Å². The number of hydrogen-bond donors (Lipinski definition) is 2. The van der Waals surface area contributed by atoms with E-state index in [1.165, 1.54) is 25.8 Å². The van der Waals surface area contributed by atoms with E-state index in [0.29, 0.717) is 5.82 Å². The molecule has 88 valence electrons. The summed E-state index contributed by atoms with van der Waals surface area (Å²) in [5.74, 6) is 6.72. The first-order valence-corrected chi connectivity index (χ1v) is 5.74. The quantitative estimate of drug-likeness (QED) is 0.573. The average Bonchev–Trinajstić information content (AvgIpc) is 2.25. The zero-order chi connectivity index (χ0) is 11.4. The summed E-state index contributed by atoms with van der Waals surface area (Å²) in [5, 5.41) is 0. The summed E-state index contributed by atoms with van der Waals surface area (Å²) < 4.78 is 0. The Bertz CT molecular complexity index is 320. The van der Waals surface area contributed by atoms with Crippen molar-refractivity contribution in [3.8, 4) is 0 Å². The van der Waals surface area contributed by atoms with Crippen LogP contribution < -0.4 is 11.3 Å². The van der Waals surface area contributed by atoms with Gasteiger partial charge < -0.3 is 10.3 Å². The Labute approximate surface area is 96.0 Å². The lowest BCUT2D eigenvalue weighted by Crippen LogP contribution is -2.29. The molecule has 1 aromatic heterocycles. The van der Waals surface area contributed by atoms with Gasteiger partial charge in [0.2, 0.25) is 0 Å². The first-order chi connectivity index (χ1) is 7.78. The van der Waals surface area contributed by atoms with Gasteiger partial charge in [0.1, 0.15) is 0 Å². The molecular weight excluding hydrogens is 202 g/mol. The average molecular weight is 221 g/mol. The van der Waals surface area contributed by atoms with Crippen LogP contribution in [0.25, 0.3) is 0 Å². The van der Waals surface area contributed by atoms with E-state index in [1.807, 2.05) is 0 Å². The van der Waals surface area contributed by atoms with Crippen LogP contribution in [0.2, 0.25) is 0 Å². The van der Waals surface area contributed by atoms with Crippen LogP contribution in [0.1, 0.15) is 25.0 Å². The van der Waals surface area contributed by atoms with E-state index < -0.39 is 0 Å². The molecule has 0 aliphatic heterocycles. The Morgan fingerprint density at radius 3 is 2.75 bits per heavy atom. The van der Waals surface area contributed by atoms with Crippen LogP contribution in [0.5, 0.6) is 0 Å². The summed E-state index contributed by atoms with van der Waals surface area (Å²) in [6.07, 6.45) is 7.59. The Kier molecular flexibility index (Phi) is 3.69. The van der Waals surface area contributed by atoms with Gasteiger partial charge in [-0.2, -0.15) is 0 Å². The molecule has 3 N–H and O–H groups in total. The molecule has 2 rings (SSSR count). The Morgan fingerprint density at radius 2 is 2.25 bits per heavy atom. The number of nitrogens with zero attached hydrogens (tertiary/aromatic N) is 3. The molecule has 0 bridgehead atoms. The fourth-order valence-corrected chi connectivity index (χ4v) is 1.97. The molecule has 0 atom stereocenters. The van der Waals surface area contributed by atoms with Crippen molar-refractivity contribution in [2.24, 2.45) is 11.8 Å². The molecule has 1 fully saturated rings. The van der Waals surface area contributed by atoms with Crippen LogP contribution in [0.15, 0.2) is 12.4 Å². The van der Waals surface area contributed by atoms with Gasteiger partial charge in [-0.3, -0.25) is 4.98 Å². The number of nitrogens with two attached hydrogens (primary N) is 1. The van der Waals surface area contributed by atoms with Gasteiger partial charge in [-0.1, -0.05) is 6.42 Å². The summed E-state index contributed by atoms with van der Waals surface area (Å²) in [5.41, 5.74) is 3.46. The zero-order valence-corrected chi connectivity index (χ0v) is 9.69. The molecule has 0 saturated heterocycles. The smallest absolute Gasteiger partial charge is 0.158 e. The third kappa shape index (κ3) is 2.90. The molecule has 1 aliphatic carbocycles. The Balaban J connectivity index is 1.82. The van der Waals surface area contributed by atoms with Crippen LogP contribution in [-0.4, -0.2) is 28.5 Å². The van der Waals surface area contributed by atoms with E-state index in [0.717, 1.165) is 18.2 Å². The van der Waals surface area contributed by atoms with Crippen LogP contribution in [0.3, 0.4) is 0 Å². The van der Waals surface area contributed by atoms with Gasteiger partial charge in [0.05, 0.1) is 18.1 Å². The highest BCUT2D eigenvalue weighted by molar-refractivity contribution is 5.28. The van der Waals surface area contributed by atoms with Crippen LogP contribution >= 0.6 is 0 Å². The molecule has 0 unspecified atom stereocenters. The standard InChI is InChI=1S/C11H19N5/c1-16(7-9-3-2-4-9)8-10-5-14-11(15-12)6-13-10/h5-6,9H,2-4,7-8,12H2,1H3,(H,14,15). The summed E-state index contributed by atoms with van der Waals surface area (Å²) in [7, 11) is 2.13. The van der Waals surface area contributed by atoms with E-state index in [9.17, 15) is 0 Å². The molecule has 0 radical (unpaired) electrons. The highest BCUT2D eigenvalue weighted by Crippen LogP contribution is 2.26. The van der Waals surface area contributed by atoms with Gasteiger partial charge in [0, 0.05) is 13.1 Å². The number of hydrogen-bond acceptors (Lipinski definition) is 5. The SMILES string of the molecule is CN(Cc1cnc(NN)cn1)CC1CCC1. The summed E-state index contributed by atoms with van der Waals surface area (Å²) in [6.45, 7) is 2.02. The van der Waals surface area contributed by atoms with Crippen LogP contribution in [0, 0.1) is 5.92 Å². The maximum Gasteiger partial charge on any atom is 0.158 e. The fraction of sp³-hybridized carbons (Fsp3) is 0.636. The minimum atomic E-state index is 0.602. The van der Waals surface area contributed by atoms with Gasteiger partial charge in [-0.15, -0.1) is 0 Å².